The Morgan fingerprint density at radius 3 is 2.88 bits per heavy atom. The Bertz CT molecular complexity index is 703. The SMILES string of the molecule is CC1(C(=O)NCCCN2CCCCCC2=O)Cc2ccccc2C(=O)O1. The standard InChI is InChI=1S/C20H26N2O4/c1-20(14-15-8-4-5-9-16(15)18(24)26-20)19(25)21-11-7-13-22-12-6-2-3-10-17(22)23/h4-5,8-9H,2-3,6-7,10-14H2,1H3,(H,21,25). The first-order valence-corrected chi connectivity index (χ1v) is 9.37. The number of esters is 1. The largest absolute Gasteiger partial charge is 0.445 e. The number of fused-ring (bicyclic) bond motifs is 1. The number of carbonyl (C=O) groups excluding carboxylic acids is 3. The minimum atomic E-state index is -1.19. The smallest absolute Gasteiger partial charge is 0.339 e. The van der Waals surface area contributed by atoms with Crippen LogP contribution in [-0.2, 0) is 20.7 Å². The van der Waals surface area contributed by atoms with Crippen LogP contribution >= 0.6 is 0 Å². The normalized spacial score (nSPS) is 23.0. The highest BCUT2D eigenvalue weighted by atomic mass is 16.6. The summed E-state index contributed by atoms with van der Waals surface area (Å²) in [6.07, 6.45) is 4.80. The predicted octanol–water partition coefficient (Wildman–Crippen LogP) is 2.07. The van der Waals surface area contributed by atoms with Gasteiger partial charge in [0.1, 0.15) is 0 Å². The fourth-order valence-electron chi connectivity index (χ4n) is 3.59. The molecule has 0 aromatic heterocycles. The molecule has 0 spiro atoms. The fraction of sp³-hybridized carbons (Fsp3) is 0.550. The summed E-state index contributed by atoms with van der Waals surface area (Å²) >= 11 is 0. The number of benzene rings is 1. The van der Waals surface area contributed by atoms with Gasteiger partial charge in [-0.3, -0.25) is 9.59 Å². The van der Waals surface area contributed by atoms with E-state index in [0.717, 1.165) is 31.4 Å². The number of amides is 2. The van der Waals surface area contributed by atoms with Crippen LogP contribution in [0.4, 0.5) is 0 Å². The number of nitrogens with zero attached hydrogens (tertiary/aromatic N) is 1. The van der Waals surface area contributed by atoms with Crippen molar-refractivity contribution in [3.63, 3.8) is 0 Å². The first-order valence-electron chi connectivity index (χ1n) is 9.37. The van der Waals surface area contributed by atoms with E-state index in [1.165, 1.54) is 0 Å². The average Bonchev–Trinajstić information content (AvgIpc) is 2.82. The molecule has 6 nitrogen and oxygen atoms in total. The Hall–Kier alpha value is -2.37. The highest BCUT2D eigenvalue weighted by Gasteiger charge is 2.42. The van der Waals surface area contributed by atoms with Gasteiger partial charge in [0.2, 0.25) is 5.91 Å². The Labute approximate surface area is 153 Å². The molecule has 2 amide bonds. The Morgan fingerprint density at radius 1 is 1.23 bits per heavy atom. The van der Waals surface area contributed by atoms with Crippen molar-refractivity contribution in [3.8, 4) is 0 Å². The van der Waals surface area contributed by atoms with Gasteiger partial charge in [-0.05, 0) is 37.8 Å². The maximum Gasteiger partial charge on any atom is 0.339 e. The van der Waals surface area contributed by atoms with Crippen LogP contribution in [0.2, 0.25) is 0 Å². The fourth-order valence-corrected chi connectivity index (χ4v) is 3.59. The molecule has 2 heterocycles. The van der Waals surface area contributed by atoms with E-state index in [4.69, 9.17) is 4.74 Å². The third-order valence-corrected chi connectivity index (χ3v) is 5.13. The van der Waals surface area contributed by atoms with Gasteiger partial charge in [-0.25, -0.2) is 4.79 Å². The maximum absolute atomic E-state index is 12.6. The summed E-state index contributed by atoms with van der Waals surface area (Å²) in [5, 5.41) is 2.86. The molecule has 140 valence electrons. The minimum Gasteiger partial charge on any atom is -0.445 e. The first-order chi connectivity index (χ1) is 12.5. The summed E-state index contributed by atoms with van der Waals surface area (Å²) in [6.45, 7) is 3.56. The van der Waals surface area contributed by atoms with Gasteiger partial charge in [0.05, 0.1) is 5.56 Å². The van der Waals surface area contributed by atoms with E-state index < -0.39 is 11.6 Å². The summed E-state index contributed by atoms with van der Waals surface area (Å²) in [6, 6.07) is 7.21. The molecule has 1 unspecified atom stereocenters. The van der Waals surface area contributed by atoms with E-state index in [1.807, 2.05) is 17.0 Å². The lowest BCUT2D eigenvalue weighted by molar-refractivity contribution is -0.139. The molecule has 1 atom stereocenters. The zero-order valence-electron chi connectivity index (χ0n) is 15.3. The molecule has 1 saturated heterocycles. The van der Waals surface area contributed by atoms with Crippen LogP contribution in [-0.4, -0.2) is 47.9 Å². The maximum atomic E-state index is 12.6. The summed E-state index contributed by atoms with van der Waals surface area (Å²) in [7, 11) is 0. The third kappa shape index (κ3) is 4.06. The molecule has 2 aliphatic heterocycles. The van der Waals surface area contributed by atoms with Gasteiger partial charge >= 0.3 is 5.97 Å². The number of hydrogen-bond donors (Lipinski definition) is 1. The van der Waals surface area contributed by atoms with Crippen molar-refractivity contribution >= 4 is 17.8 Å². The second-order valence-electron chi connectivity index (χ2n) is 7.26. The predicted molar refractivity (Wildman–Crippen MR) is 96.6 cm³/mol. The second kappa shape index (κ2) is 7.89. The van der Waals surface area contributed by atoms with E-state index in [-0.39, 0.29) is 11.8 Å². The van der Waals surface area contributed by atoms with Gasteiger partial charge in [0.25, 0.3) is 5.91 Å². The first kappa shape index (κ1) is 18.4. The molecule has 0 aliphatic carbocycles. The van der Waals surface area contributed by atoms with Crippen molar-refractivity contribution in [1.29, 1.82) is 0 Å². The molecule has 1 aromatic carbocycles. The van der Waals surface area contributed by atoms with E-state index in [9.17, 15) is 14.4 Å². The lowest BCUT2D eigenvalue weighted by Gasteiger charge is -2.33. The Morgan fingerprint density at radius 2 is 2.04 bits per heavy atom. The number of hydrogen-bond acceptors (Lipinski definition) is 4. The molecule has 3 rings (SSSR count). The molecular weight excluding hydrogens is 332 g/mol. The Balaban J connectivity index is 1.50. The average molecular weight is 358 g/mol. The van der Waals surface area contributed by atoms with Crippen LogP contribution in [0.1, 0.15) is 54.9 Å². The number of cyclic esters (lactones) is 1. The van der Waals surface area contributed by atoms with Gasteiger partial charge in [0, 0.05) is 32.5 Å². The minimum absolute atomic E-state index is 0.207. The highest BCUT2D eigenvalue weighted by Crippen LogP contribution is 2.28. The van der Waals surface area contributed by atoms with Crippen LogP contribution in [0.25, 0.3) is 0 Å². The molecule has 0 saturated carbocycles. The van der Waals surface area contributed by atoms with Crippen LogP contribution in [0, 0.1) is 0 Å². The van der Waals surface area contributed by atoms with Gasteiger partial charge in [0.15, 0.2) is 5.60 Å². The van der Waals surface area contributed by atoms with Crippen molar-refractivity contribution in [1.82, 2.24) is 10.2 Å². The summed E-state index contributed by atoms with van der Waals surface area (Å²) < 4.78 is 5.43. The van der Waals surface area contributed by atoms with E-state index in [2.05, 4.69) is 5.32 Å². The molecule has 1 aromatic rings. The van der Waals surface area contributed by atoms with Crippen LogP contribution in [0.15, 0.2) is 24.3 Å². The van der Waals surface area contributed by atoms with Crippen LogP contribution < -0.4 is 5.32 Å². The van der Waals surface area contributed by atoms with Crippen molar-refractivity contribution in [2.75, 3.05) is 19.6 Å². The number of ether oxygens (including phenoxy) is 1. The van der Waals surface area contributed by atoms with E-state index >= 15 is 0 Å². The van der Waals surface area contributed by atoms with Crippen LogP contribution in [0.3, 0.4) is 0 Å². The third-order valence-electron chi connectivity index (χ3n) is 5.13. The van der Waals surface area contributed by atoms with Crippen molar-refractivity contribution in [3.05, 3.63) is 35.4 Å². The molecule has 6 heteroatoms. The number of carbonyl (C=O) groups is 3. The van der Waals surface area contributed by atoms with Crippen molar-refractivity contribution in [2.45, 2.75) is 51.0 Å². The van der Waals surface area contributed by atoms with Gasteiger partial charge in [-0.2, -0.15) is 0 Å². The molecule has 2 aliphatic rings. The molecule has 1 N–H and O–H groups in total. The lowest BCUT2D eigenvalue weighted by atomic mass is 9.89. The molecule has 26 heavy (non-hydrogen) atoms. The summed E-state index contributed by atoms with van der Waals surface area (Å²) in [5.74, 6) is -0.541. The van der Waals surface area contributed by atoms with E-state index in [1.54, 1.807) is 19.1 Å². The number of rotatable bonds is 5. The van der Waals surface area contributed by atoms with Gasteiger partial charge in [-0.15, -0.1) is 0 Å². The highest BCUT2D eigenvalue weighted by molar-refractivity contribution is 5.97. The molecule has 1 fully saturated rings. The quantitative estimate of drug-likeness (QED) is 0.646. The molecule has 0 radical (unpaired) electrons. The van der Waals surface area contributed by atoms with E-state index in [0.29, 0.717) is 37.9 Å². The lowest BCUT2D eigenvalue weighted by Crippen LogP contribution is -2.52. The monoisotopic (exact) mass is 358 g/mol. The number of likely N-dealkylation sites (tertiary alicyclic amines) is 1. The van der Waals surface area contributed by atoms with Crippen molar-refractivity contribution in [2.24, 2.45) is 0 Å². The topological polar surface area (TPSA) is 75.7 Å². The summed E-state index contributed by atoms with van der Waals surface area (Å²) in [5.41, 5.74) is 0.165. The van der Waals surface area contributed by atoms with Crippen LogP contribution in [0.5, 0.6) is 0 Å². The summed E-state index contributed by atoms with van der Waals surface area (Å²) in [4.78, 5) is 38.6. The second-order valence-corrected chi connectivity index (χ2v) is 7.26. The molecular formula is C20H26N2O4. The Kier molecular flexibility index (Phi) is 5.59. The zero-order chi connectivity index (χ0) is 18.6. The van der Waals surface area contributed by atoms with Gasteiger partial charge < -0.3 is 15.0 Å². The molecule has 0 bridgehead atoms. The zero-order valence-corrected chi connectivity index (χ0v) is 15.3. The van der Waals surface area contributed by atoms with Crippen molar-refractivity contribution < 1.29 is 19.1 Å². The number of nitrogens with one attached hydrogen (secondary N) is 1. The van der Waals surface area contributed by atoms with Gasteiger partial charge in [-0.1, -0.05) is 24.6 Å².